The summed E-state index contributed by atoms with van der Waals surface area (Å²) in [6.07, 6.45) is 7.93. The fourth-order valence-electron chi connectivity index (χ4n) is 4.60. The Morgan fingerprint density at radius 2 is 2.03 bits per heavy atom. The Bertz CT molecular complexity index is 1600. The molecule has 0 spiro atoms. The van der Waals surface area contributed by atoms with Gasteiger partial charge >= 0.3 is 0 Å². The molecule has 0 saturated carbocycles. The van der Waals surface area contributed by atoms with Crippen LogP contribution in [0.2, 0.25) is 0 Å². The number of rotatable bonds is 4. The number of nitrogen functional groups attached to an aromatic ring is 1. The highest BCUT2D eigenvalue weighted by Crippen LogP contribution is 2.31. The molecule has 10 heteroatoms. The number of anilines is 3. The Labute approximate surface area is 207 Å². The molecule has 180 valence electrons. The third-order valence-electron chi connectivity index (χ3n) is 6.64. The molecule has 1 aliphatic rings. The van der Waals surface area contributed by atoms with Crippen LogP contribution in [-0.2, 0) is 17.8 Å². The molecule has 10 nitrogen and oxygen atoms in total. The van der Waals surface area contributed by atoms with Crippen LogP contribution in [0.15, 0.2) is 61.3 Å². The second kappa shape index (κ2) is 8.49. The van der Waals surface area contributed by atoms with Crippen LogP contribution in [0.25, 0.3) is 27.7 Å². The lowest BCUT2D eigenvalue weighted by atomic mass is 10.0. The lowest BCUT2D eigenvalue weighted by molar-refractivity contribution is -0.130. The maximum Gasteiger partial charge on any atom is 0.244 e. The van der Waals surface area contributed by atoms with Gasteiger partial charge in [-0.1, -0.05) is 12.1 Å². The third-order valence-corrected chi connectivity index (χ3v) is 6.64. The van der Waals surface area contributed by atoms with Crippen molar-refractivity contribution in [2.24, 2.45) is 0 Å². The van der Waals surface area contributed by atoms with Crippen molar-refractivity contribution >= 4 is 34.1 Å². The lowest BCUT2D eigenvalue weighted by Crippen LogP contribution is -2.29. The maximum atomic E-state index is 12.2. The van der Waals surface area contributed by atoms with Crippen molar-refractivity contribution < 1.29 is 4.79 Å². The van der Waals surface area contributed by atoms with Gasteiger partial charge in [0.1, 0.15) is 18.2 Å². The topological polar surface area (TPSA) is 120 Å². The Balaban J connectivity index is 1.34. The summed E-state index contributed by atoms with van der Waals surface area (Å²) >= 11 is 0. The van der Waals surface area contributed by atoms with Crippen molar-refractivity contribution in [2.45, 2.75) is 19.9 Å². The second-order valence-electron chi connectivity index (χ2n) is 8.97. The molecule has 0 atom stereocenters. The number of nitrogens with one attached hydrogen (secondary N) is 1. The Kier molecular flexibility index (Phi) is 5.14. The first-order valence-corrected chi connectivity index (χ1v) is 11.7. The molecule has 4 aromatic heterocycles. The minimum Gasteiger partial charge on any atom is -0.383 e. The monoisotopic (exact) mass is 479 g/mol. The average Bonchev–Trinajstić information content (AvgIpc) is 3.50. The molecule has 1 aliphatic heterocycles. The number of carbonyl (C=O) groups excluding carboxylic acids is 1. The molecule has 1 amide bonds. The minimum atomic E-state index is 0.0511. The van der Waals surface area contributed by atoms with Gasteiger partial charge in [0.25, 0.3) is 0 Å². The quantitative estimate of drug-likeness (QED) is 0.406. The van der Waals surface area contributed by atoms with Gasteiger partial charge in [-0.3, -0.25) is 9.48 Å². The molecule has 0 bridgehead atoms. The zero-order chi connectivity index (χ0) is 24.8. The molecule has 3 N–H and O–H groups in total. The van der Waals surface area contributed by atoms with Crippen LogP contribution in [0.1, 0.15) is 11.3 Å². The highest BCUT2D eigenvalue weighted by atomic mass is 16.2. The van der Waals surface area contributed by atoms with Crippen molar-refractivity contribution in [1.82, 2.24) is 34.2 Å². The van der Waals surface area contributed by atoms with E-state index in [4.69, 9.17) is 5.73 Å². The Morgan fingerprint density at radius 1 is 1.14 bits per heavy atom. The first-order valence-electron chi connectivity index (χ1n) is 11.7. The molecule has 0 aliphatic carbocycles. The van der Waals surface area contributed by atoms with Gasteiger partial charge in [-0.15, -0.1) is 0 Å². The summed E-state index contributed by atoms with van der Waals surface area (Å²) < 4.78 is 3.73. The number of hydrogen-bond donors (Lipinski definition) is 2. The van der Waals surface area contributed by atoms with Gasteiger partial charge in [0.2, 0.25) is 5.91 Å². The minimum absolute atomic E-state index is 0.0511. The number of benzene rings is 1. The van der Waals surface area contributed by atoms with E-state index in [0.29, 0.717) is 24.0 Å². The molecule has 0 radical (unpaired) electrons. The summed E-state index contributed by atoms with van der Waals surface area (Å²) in [5.41, 5.74) is 11.3. The first-order chi connectivity index (χ1) is 17.5. The van der Waals surface area contributed by atoms with E-state index in [2.05, 4.69) is 38.4 Å². The number of carbonyl (C=O) groups is 1. The molecule has 0 fully saturated rings. The predicted molar refractivity (Wildman–Crippen MR) is 138 cm³/mol. The van der Waals surface area contributed by atoms with Crippen LogP contribution in [0, 0.1) is 6.92 Å². The zero-order valence-electron chi connectivity index (χ0n) is 20.0. The Morgan fingerprint density at radius 3 is 2.86 bits per heavy atom. The van der Waals surface area contributed by atoms with E-state index in [-0.39, 0.29) is 12.5 Å². The molecule has 0 saturated heterocycles. The van der Waals surface area contributed by atoms with Gasteiger partial charge in [-0.2, -0.15) is 5.10 Å². The molecular formula is C26H25N9O. The summed E-state index contributed by atoms with van der Waals surface area (Å²) in [6.45, 7) is 2.98. The van der Waals surface area contributed by atoms with Gasteiger partial charge in [0, 0.05) is 61.3 Å². The van der Waals surface area contributed by atoms with Crippen LogP contribution in [-0.4, -0.2) is 53.7 Å². The number of nitrogens with two attached hydrogens (primary N) is 1. The highest BCUT2D eigenvalue weighted by Gasteiger charge is 2.19. The van der Waals surface area contributed by atoms with Gasteiger partial charge in [-0.25, -0.2) is 15.0 Å². The van der Waals surface area contributed by atoms with Gasteiger partial charge in [0.05, 0.1) is 17.7 Å². The van der Waals surface area contributed by atoms with E-state index in [1.807, 2.05) is 48.1 Å². The van der Waals surface area contributed by atoms with Gasteiger partial charge in [0.15, 0.2) is 5.82 Å². The third kappa shape index (κ3) is 3.82. The van der Waals surface area contributed by atoms with Gasteiger partial charge < -0.3 is 20.5 Å². The van der Waals surface area contributed by atoms with Crippen LogP contribution < -0.4 is 11.1 Å². The predicted octanol–water partition coefficient (Wildman–Crippen LogP) is 3.33. The largest absolute Gasteiger partial charge is 0.383 e. The molecule has 1 aromatic carbocycles. The second-order valence-corrected chi connectivity index (χ2v) is 8.97. The number of pyridine rings is 2. The fraction of sp³-hybridized carbons (Fsp3) is 0.192. The summed E-state index contributed by atoms with van der Waals surface area (Å²) in [6, 6.07) is 12.0. The van der Waals surface area contributed by atoms with Crippen LogP contribution in [0.5, 0.6) is 0 Å². The van der Waals surface area contributed by atoms with Gasteiger partial charge in [-0.05, 0) is 36.1 Å². The van der Waals surface area contributed by atoms with Crippen LogP contribution in [0.4, 0.5) is 17.5 Å². The fourth-order valence-corrected chi connectivity index (χ4v) is 4.60. The standard InChI is InChI=1S/C26H25N9O/c1-16-19(4-3-5-22(16)34-9-7-28-15-34)21-10-17-11-23(29-13-20(17)26(27)30-21)31-24-12-18-6-8-33(2)25(36)14-35(18)32-24/h3-5,7,9-13,15H,6,8,14H2,1-2H3,(H2,27,30)(H,29,31,32). The van der Waals surface area contributed by atoms with E-state index in [1.165, 1.54) is 0 Å². The average molecular weight is 480 g/mol. The molecule has 36 heavy (non-hydrogen) atoms. The van der Waals surface area contributed by atoms with E-state index >= 15 is 0 Å². The number of likely N-dealkylation sites (N-methyl/N-ethyl adjacent to an activating group) is 1. The highest BCUT2D eigenvalue weighted by molar-refractivity contribution is 5.95. The first kappa shape index (κ1) is 21.8. The van der Waals surface area contributed by atoms with E-state index < -0.39 is 0 Å². The summed E-state index contributed by atoms with van der Waals surface area (Å²) in [5, 5.41) is 9.55. The van der Waals surface area contributed by atoms with E-state index in [0.717, 1.165) is 45.4 Å². The SMILES string of the molecule is Cc1c(-c2cc3cc(Nc4cc5n(n4)CC(=O)N(C)CC5)ncc3c(N)n2)cccc1-n1ccnc1. The normalized spacial score (nSPS) is 13.6. The summed E-state index contributed by atoms with van der Waals surface area (Å²) in [5.74, 6) is 1.76. The molecule has 0 unspecified atom stereocenters. The van der Waals surface area contributed by atoms with Crippen molar-refractivity contribution in [2.75, 3.05) is 24.6 Å². The summed E-state index contributed by atoms with van der Waals surface area (Å²) in [7, 11) is 1.82. The maximum absolute atomic E-state index is 12.2. The van der Waals surface area contributed by atoms with Crippen LogP contribution >= 0.6 is 0 Å². The zero-order valence-corrected chi connectivity index (χ0v) is 20.0. The van der Waals surface area contributed by atoms with Crippen molar-refractivity contribution in [3.05, 3.63) is 72.6 Å². The molecule has 5 aromatic rings. The number of aromatic nitrogens is 6. The number of amides is 1. The van der Waals surface area contributed by atoms with E-state index in [1.54, 1.807) is 28.3 Å². The molecule has 5 heterocycles. The number of hydrogen-bond acceptors (Lipinski definition) is 7. The van der Waals surface area contributed by atoms with E-state index in [9.17, 15) is 4.79 Å². The van der Waals surface area contributed by atoms with Crippen molar-refractivity contribution in [1.29, 1.82) is 0 Å². The summed E-state index contributed by atoms with van der Waals surface area (Å²) in [4.78, 5) is 27.3. The van der Waals surface area contributed by atoms with Crippen molar-refractivity contribution in [3.8, 4) is 16.9 Å². The molecular weight excluding hydrogens is 454 g/mol. The Hall–Kier alpha value is -4.73. The molecule has 6 rings (SSSR count). The number of imidazole rings is 1. The number of fused-ring (bicyclic) bond motifs is 2. The number of nitrogens with zero attached hydrogens (tertiary/aromatic N) is 7. The lowest BCUT2D eigenvalue weighted by Gasteiger charge is -2.13. The van der Waals surface area contributed by atoms with Crippen LogP contribution in [0.3, 0.4) is 0 Å². The smallest absolute Gasteiger partial charge is 0.244 e. The van der Waals surface area contributed by atoms with Crippen molar-refractivity contribution in [3.63, 3.8) is 0 Å².